The third kappa shape index (κ3) is 3.68. The zero-order valence-electron chi connectivity index (χ0n) is 8.12. The Balaban J connectivity index is 2.39. The van der Waals surface area contributed by atoms with Crippen LogP contribution in [0, 0.1) is 0 Å². The molecular formula is C10H15NOS. The SMILES string of the molecule is CCCSC=Cc1nc(CC)co1. The summed E-state index contributed by atoms with van der Waals surface area (Å²) in [7, 11) is 0. The highest BCUT2D eigenvalue weighted by Crippen LogP contribution is 2.09. The summed E-state index contributed by atoms with van der Waals surface area (Å²) < 4.78 is 5.22. The summed E-state index contributed by atoms with van der Waals surface area (Å²) in [5, 5.41) is 2.04. The van der Waals surface area contributed by atoms with Crippen molar-refractivity contribution in [2.45, 2.75) is 26.7 Å². The smallest absolute Gasteiger partial charge is 0.219 e. The highest BCUT2D eigenvalue weighted by molar-refractivity contribution is 8.02. The molecule has 0 bridgehead atoms. The maximum absolute atomic E-state index is 5.22. The number of hydrogen-bond acceptors (Lipinski definition) is 3. The lowest BCUT2D eigenvalue weighted by molar-refractivity contribution is 0.545. The molecule has 3 heteroatoms. The Labute approximate surface area is 83.4 Å². The predicted octanol–water partition coefficient (Wildman–Crippen LogP) is 3.35. The second-order valence-electron chi connectivity index (χ2n) is 2.70. The lowest BCUT2D eigenvalue weighted by atomic mass is 10.4. The van der Waals surface area contributed by atoms with Gasteiger partial charge < -0.3 is 4.42 Å². The van der Waals surface area contributed by atoms with E-state index in [0.717, 1.165) is 17.9 Å². The van der Waals surface area contributed by atoms with Crippen LogP contribution < -0.4 is 0 Å². The topological polar surface area (TPSA) is 26.0 Å². The molecule has 72 valence electrons. The van der Waals surface area contributed by atoms with E-state index in [9.17, 15) is 0 Å². The van der Waals surface area contributed by atoms with Gasteiger partial charge in [-0.15, -0.1) is 11.8 Å². The van der Waals surface area contributed by atoms with Crippen LogP contribution in [0.2, 0.25) is 0 Å². The van der Waals surface area contributed by atoms with Gasteiger partial charge in [0.05, 0.1) is 5.69 Å². The van der Waals surface area contributed by atoms with Crippen molar-refractivity contribution in [2.24, 2.45) is 0 Å². The third-order valence-corrected chi connectivity index (χ3v) is 2.53. The Morgan fingerprint density at radius 3 is 3.00 bits per heavy atom. The molecule has 2 nitrogen and oxygen atoms in total. The van der Waals surface area contributed by atoms with E-state index in [4.69, 9.17) is 4.42 Å². The van der Waals surface area contributed by atoms with E-state index >= 15 is 0 Å². The second-order valence-corrected chi connectivity index (χ2v) is 3.72. The normalized spacial score (nSPS) is 11.2. The molecule has 0 amide bonds. The molecule has 1 rings (SSSR count). The van der Waals surface area contributed by atoms with Gasteiger partial charge in [-0.05, 0) is 24.0 Å². The summed E-state index contributed by atoms with van der Waals surface area (Å²) in [5.74, 6) is 1.86. The van der Waals surface area contributed by atoms with Crippen LogP contribution in [0.25, 0.3) is 6.08 Å². The van der Waals surface area contributed by atoms with E-state index in [0.29, 0.717) is 5.89 Å². The van der Waals surface area contributed by atoms with E-state index in [1.54, 1.807) is 18.0 Å². The monoisotopic (exact) mass is 197 g/mol. The van der Waals surface area contributed by atoms with Gasteiger partial charge in [0.2, 0.25) is 5.89 Å². The number of aromatic nitrogens is 1. The summed E-state index contributed by atoms with van der Waals surface area (Å²) in [4.78, 5) is 4.26. The fourth-order valence-electron chi connectivity index (χ4n) is 0.854. The van der Waals surface area contributed by atoms with Crippen LogP contribution in [0.1, 0.15) is 31.9 Å². The Morgan fingerprint density at radius 1 is 1.54 bits per heavy atom. The molecule has 0 aromatic carbocycles. The highest BCUT2D eigenvalue weighted by atomic mass is 32.2. The molecule has 0 saturated heterocycles. The lowest BCUT2D eigenvalue weighted by Crippen LogP contribution is -1.77. The van der Waals surface area contributed by atoms with Gasteiger partial charge >= 0.3 is 0 Å². The average molecular weight is 197 g/mol. The standard InChI is InChI=1S/C10H15NOS/c1-3-6-13-7-5-10-11-9(4-2)8-12-10/h5,7-8H,3-4,6H2,1-2H3. The van der Waals surface area contributed by atoms with Gasteiger partial charge in [-0.2, -0.15) is 0 Å². The van der Waals surface area contributed by atoms with Crippen LogP contribution in [-0.4, -0.2) is 10.7 Å². The number of aryl methyl sites for hydroxylation is 1. The summed E-state index contributed by atoms with van der Waals surface area (Å²) in [6.07, 6.45) is 5.75. The molecule has 0 fully saturated rings. The fraction of sp³-hybridized carbons (Fsp3) is 0.500. The molecule has 0 spiro atoms. The van der Waals surface area contributed by atoms with E-state index in [1.165, 1.54) is 6.42 Å². The van der Waals surface area contributed by atoms with Gasteiger partial charge in [0, 0.05) is 6.08 Å². The minimum Gasteiger partial charge on any atom is -0.445 e. The third-order valence-electron chi connectivity index (χ3n) is 1.56. The van der Waals surface area contributed by atoms with Crippen LogP contribution in [0.5, 0.6) is 0 Å². The zero-order chi connectivity index (χ0) is 9.52. The van der Waals surface area contributed by atoms with Crippen LogP contribution in [0.15, 0.2) is 16.1 Å². The summed E-state index contributed by atoms with van der Waals surface area (Å²) in [5.41, 5.74) is 1.01. The van der Waals surface area contributed by atoms with Crippen molar-refractivity contribution in [3.05, 3.63) is 23.3 Å². The first-order chi connectivity index (χ1) is 6.36. The number of oxazole rings is 1. The lowest BCUT2D eigenvalue weighted by Gasteiger charge is -1.86. The maximum Gasteiger partial charge on any atom is 0.219 e. The number of nitrogens with zero attached hydrogens (tertiary/aromatic N) is 1. The van der Waals surface area contributed by atoms with Crippen molar-refractivity contribution in [3.63, 3.8) is 0 Å². The molecule has 0 atom stereocenters. The Bertz CT molecular complexity index is 268. The first kappa shape index (κ1) is 10.4. The molecule has 0 unspecified atom stereocenters. The highest BCUT2D eigenvalue weighted by Gasteiger charge is 1.96. The van der Waals surface area contributed by atoms with Crippen molar-refractivity contribution in [3.8, 4) is 0 Å². The molecule has 0 saturated carbocycles. The summed E-state index contributed by atoms with van der Waals surface area (Å²) in [6, 6.07) is 0. The van der Waals surface area contributed by atoms with E-state index in [2.05, 4.69) is 18.8 Å². The summed E-state index contributed by atoms with van der Waals surface area (Å²) in [6.45, 7) is 4.23. The molecule has 1 aromatic rings. The fourth-order valence-corrected chi connectivity index (χ4v) is 1.44. The number of thioether (sulfide) groups is 1. The van der Waals surface area contributed by atoms with Gasteiger partial charge in [-0.3, -0.25) is 0 Å². The van der Waals surface area contributed by atoms with Gasteiger partial charge in [0.25, 0.3) is 0 Å². The quantitative estimate of drug-likeness (QED) is 0.677. The van der Waals surface area contributed by atoms with Crippen molar-refractivity contribution in [1.82, 2.24) is 4.98 Å². The van der Waals surface area contributed by atoms with E-state index in [-0.39, 0.29) is 0 Å². The van der Waals surface area contributed by atoms with Gasteiger partial charge in [0.1, 0.15) is 6.26 Å². The predicted molar refractivity (Wildman–Crippen MR) is 57.7 cm³/mol. The van der Waals surface area contributed by atoms with Gasteiger partial charge in [-0.25, -0.2) is 4.98 Å². The molecule has 1 heterocycles. The maximum atomic E-state index is 5.22. The van der Waals surface area contributed by atoms with Crippen LogP contribution in [0.3, 0.4) is 0 Å². The van der Waals surface area contributed by atoms with Crippen molar-refractivity contribution < 1.29 is 4.42 Å². The second kappa shape index (κ2) is 5.86. The largest absolute Gasteiger partial charge is 0.445 e. The molecular weight excluding hydrogens is 182 g/mol. The molecule has 1 aromatic heterocycles. The average Bonchev–Trinajstić information content (AvgIpc) is 2.60. The minimum atomic E-state index is 0.709. The molecule has 0 aliphatic heterocycles. The Kier molecular flexibility index (Phi) is 4.68. The number of hydrogen-bond donors (Lipinski definition) is 0. The molecule has 0 aliphatic rings. The molecule has 0 radical (unpaired) electrons. The van der Waals surface area contributed by atoms with Crippen LogP contribution in [-0.2, 0) is 6.42 Å². The van der Waals surface area contributed by atoms with Crippen molar-refractivity contribution >= 4 is 17.8 Å². The van der Waals surface area contributed by atoms with Crippen LogP contribution in [0.4, 0.5) is 0 Å². The van der Waals surface area contributed by atoms with Crippen molar-refractivity contribution in [1.29, 1.82) is 0 Å². The van der Waals surface area contributed by atoms with E-state index < -0.39 is 0 Å². The molecule has 13 heavy (non-hydrogen) atoms. The number of rotatable bonds is 5. The first-order valence-electron chi connectivity index (χ1n) is 4.59. The Morgan fingerprint density at radius 2 is 2.38 bits per heavy atom. The van der Waals surface area contributed by atoms with Crippen molar-refractivity contribution in [2.75, 3.05) is 5.75 Å². The Hall–Kier alpha value is -0.700. The van der Waals surface area contributed by atoms with Crippen LogP contribution >= 0.6 is 11.8 Å². The molecule has 0 aliphatic carbocycles. The minimum absolute atomic E-state index is 0.709. The summed E-state index contributed by atoms with van der Waals surface area (Å²) >= 11 is 1.78. The molecule has 0 N–H and O–H groups in total. The zero-order valence-corrected chi connectivity index (χ0v) is 8.93. The first-order valence-corrected chi connectivity index (χ1v) is 5.64. The van der Waals surface area contributed by atoms with Gasteiger partial charge in [-0.1, -0.05) is 13.8 Å². The van der Waals surface area contributed by atoms with E-state index in [1.807, 2.05) is 11.5 Å². The van der Waals surface area contributed by atoms with Gasteiger partial charge in [0.15, 0.2) is 0 Å².